The number of nitro benzene ring substituents is 1. The second-order valence-electron chi connectivity index (χ2n) is 5.80. The molecule has 27 heavy (non-hydrogen) atoms. The molecule has 0 saturated carbocycles. The van der Waals surface area contributed by atoms with Gasteiger partial charge in [0.1, 0.15) is 10.6 Å². The smallest absolute Gasteiger partial charge is 0.337 e. The van der Waals surface area contributed by atoms with Crippen LogP contribution in [0.3, 0.4) is 0 Å². The van der Waals surface area contributed by atoms with E-state index in [1.54, 1.807) is 6.92 Å². The fourth-order valence-electron chi connectivity index (χ4n) is 2.46. The number of halogens is 2. The number of hydrogen-bond acceptors (Lipinski definition) is 5. The Morgan fingerprint density at radius 1 is 1.22 bits per heavy atom. The van der Waals surface area contributed by atoms with E-state index in [1.807, 2.05) is 0 Å². The number of benzene rings is 2. The second kappa shape index (κ2) is 7.45. The highest BCUT2D eigenvalue weighted by molar-refractivity contribution is 9.10. The number of carboxylic acids is 1. The molecule has 0 aliphatic carbocycles. The molecule has 2 rings (SSSR count). The molecule has 0 amide bonds. The third-order valence-electron chi connectivity index (χ3n) is 3.93. The Morgan fingerprint density at radius 3 is 2.33 bits per heavy atom. The molecule has 0 saturated heterocycles. The molecular formula is C16H14BrClN2O6S. The van der Waals surface area contributed by atoms with Crippen molar-refractivity contribution in [2.75, 3.05) is 4.72 Å². The van der Waals surface area contributed by atoms with E-state index in [0.29, 0.717) is 15.6 Å². The molecule has 0 aliphatic rings. The van der Waals surface area contributed by atoms with Crippen LogP contribution in [0, 0.1) is 30.9 Å². The van der Waals surface area contributed by atoms with Gasteiger partial charge in [0.2, 0.25) is 0 Å². The van der Waals surface area contributed by atoms with E-state index in [4.69, 9.17) is 11.6 Å². The van der Waals surface area contributed by atoms with Crippen LogP contribution in [0.5, 0.6) is 0 Å². The quantitative estimate of drug-likeness (QED) is 0.484. The summed E-state index contributed by atoms with van der Waals surface area (Å²) in [6, 6.07) is 3.71. The standard InChI is InChI=1S/C16H14BrClN2O6S/c1-7-4-10(16(21)22)14(18)13(5-7)27(25,26)19-12-6-11(17)8(2)9(3)15(12)20(23)24/h4-6,19H,1-3H3,(H,21,22). The van der Waals surface area contributed by atoms with Gasteiger partial charge >= 0.3 is 5.97 Å². The molecule has 0 atom stereocenters. The highest BCUT2D eigenvalue weighted by atomic mass is 79.9. The average molecular weight is 478 g/mol. The van der Waals surface area contributed by atoms with Crippen LogP contribution in [0.2, 0.25) is 5.02 Å². The van der Waals surface area contributed by atoms with Crippen molar-refractivity contribution in [3.8, 4) is 0 Å². The Balaban J connectivity index is 2.69. The first-order chi connectivity index (χ1) is 12.4. The topological polar surface area (TPSA) is 127 Å². The van der Waals surface area contributed by atoms with Gasteiger partial charge < -0.3 is 5.11 Å². The van der Waals surface area contributed by atoms with Gasteiger partial charge in [0.05, 0.1) is 15.5 Å². The number of anilines is 1. The molecule has 144 valence electrons. The highest BCUT2D eigenvalue weighted by Crippen LogP contribution is 2.37. The van der Waals surface area contributed by atoms with Gasteiger partial charge in [0.15, 0.2) is 0 Å². The third kappa shape index (κ3) is 4.07. The van der Waals surface area contributed by atoms with Crippen LogP contribution in [0.4, 0.5) is 11.4 Å². The van der Waals surface area contributed by atoms with E-state index in [0.717, 1.165) is 0 Å². The summed E-state index contributed by atoms with van der Waals surface area (Å²) in [5.41, 5.74) is 0.187. The molecule has 11 heteroatoms. The number of sulfonamides is 1. The Labute approximate surface area is 168 Å². The fourth-order valence-corrected chi connectivity index (χ4v) is 4.72. The van der Waals surface area contributed by atoms with E-state index < -0.39 is 36.5 Å². The number of nitro groups is 1. The number of aromatic carboxylic acids is 1. The fraction of sp³-hybridized carbons (Fsp3) is 0.188. The van der Waals surface area contributed by atoms with Gasteiger partial charge in [-0.3, -0.25) is 14.8 Å². The van der Waals surface area contributed by atoms with Crippen molar-refractivity contribution in [3.05, 3.63) is 60.1 Å². The largest absolute Gasteiger partial charge is 0.478 e. The lowest BCUT2D eigenvalue weighted by atomic mass is 10.1. The number of nitrogens with one attached hydrogen (secondary N) is 1. The van der Waals surface area contributed by atoms with Crippen LogP contribution in [-0.2, 0) is 10.0 Å². The van der Waals surface area contributed by atoms with Crippen molar-refractivity contribution in [1.82, 2.24) is 0 Å². The van der Waals surface area contributed by atoms with Crippen molar-refractivity contribution in [3.63, 3.8) is 0 Å². The van der Waals surface area contributed by atoms with Gasteiger partial charge in [-0.05, 0) is 50.1 Å². The third-order valence-corrected chi connectivity index (χ3v) is 6.67. The van der Waals surface area contributed by atoms with Crippen molar-refractivity contribution in [2.24, 2.45) is 0 Å². The average Bonchev–Trinajstić information content (AvgIpc) is 2.53. The van der Waals surface area contributed by atoms with Gasteiger partial charge in [-0.2, -0.15) is 0 Å². The minimum Gasteiger partial charge on any atom is -0.478 e. The molecule has 0 aliphatic heterocycles. The Morgan fingerprint density at radius 2 is 1.81 bits per heavy atom. The van der Waals surface area contributed by atoms with Gasteiger partial charge in [-0.15, -0.1) is 0 Å². The summed E-state index contributed by atoms with van der Waals surface area (Å²) in [5.74, 6) is -1.39. The van der Waals surface area contributed by atoms with Crippen molar-refractivity contribution in [1.29, 1.82) is 0 Å². The Hall–Kier alpha value is -2.17. The van der Waals surface area contributed by atoms with Crippen LogP contribution >= 0.6 is 27.5 Å². The van der Waals surface area contributed by atoms with Crippen molar-refractivity contribution >= 4 is 54.9 Å². The predicted octanol–water partition coefficient (Wildman–Crippen LogP) is 4.43. The summed E-state index contributed by atoms with van der Waals surface area (Å²) in [5, 5.41) is 20.2. The lowest BCUT2D eigenvalue weighted by Crippen LogP contribution is -2.16. The first kappa shape index (κ1) is 21.1. The number of carboxylic acid groups (broad SMARTS) is 1. The molecule has 0 fully saturated rings. The van der Waals surface area contributed by atoms with E-state index in [9.17, 15) is 28.4 Å². The first-order valence-corrected chi connectivity index (χ1v) is 10.0. The van der Waals surface area contributed by atoms with Crippen LogP contribution < -0.4 is 4.72 Å². The van der Waals surface area contributed by atoms with E-state index >= 15 is 0 Å². The van der Waals surface area contributed by atoms with Gasteiger partial charge in [0.25, 0.3) is 15.7 Å². The molecule has 0 unspecified atom stereocenters. The number of carbonyl (C=O) groups is 1. The molecular weight excluding hydrogens is 464 g/mol. The summed E-state index contributed by atoms with van der Waals surface area (Å²) in [6.45, 7) is 4.66. The molecule has 0 radical (unpaired) electrons. The maximum Gasteiger partial charge on any atom is 0.337 e. The molecule has 2 N–H and O–H groups in total. The molecule has 2 aromatic rings. The molecule has 0 aromatic heterocycles. The summed E-state index contributed by atoms with van der Waals surface area (Å²) < 4.78 is 28.2. The van der Waals surface area contributed by atoms with Crippen LogP contribution in [0.15, 0.2) is 27.6 Å². The van der Waals surface area contributed by atoms with E-state index in [2.05, 4.69) is 20.7 Å². The lowest BCUT2D eigenvalue weighted by molar-refractivity contribution is -0.384. The Kier molecular flexibility index (Phi) is 5.83. The summed E-state index contributed by atoms with van der Waals surface area (Å²) in [7, 11) is -4.40. The number of rotatable bonds is 5. The van der Waals surface area contributed by atoms with E-state index in [1.165, 1.54) is 32.0 Å². The number of nitrogens with zero attached hydrogens (tertiary/aromatic N) is 1. The first-order valence-electron chi connectivity index (χ1n) is 7.37. The zero-order valence-corrected chi connectivity index (χ0v) is 17.5. The minimum absolute atomic E-state index is 0.260. The van der Waals surface area contributed by atoms with E-state index in [-0.39, 0.29) is 16.8 Å². The zero-order chi connectivity index (χ0) is 20.7. The predicted molar refractivity (Wildman–Crippen MR) is 104 cm³/mol. The molecule has 0 spiro atoms. The Bertz CT molecular complexity index is 1090. The molecule has 0 bridgehead atoms. The molecule has 2 aromatic carbocycles. The van der Waals surface area contributed by atoms with Crippen molar-refractivity contribution < 1.29 is 23.2 Å². The maximum atomic E-state index is 12.8. The summed E-state index contributed by atoms with van der Waals surface area (Å²) in [6.07, 6.45) is 0. The van der Waals surface area contributed by atoms with Gasteiger partial charge in [-0.25, -0.2) is 13.2 Å². The van der Waals surface area contributed by atoms with Crippen LogP contribution in [0.1, 0.15) is 27.0 Å². The van der Waals surface area contributed by atoms with Crippen LogP contribution in [0.25, 0.3) is 0 Å². The SMILES string of the molecule is Cc1cc(C(=O)O)c(Cl)c(S(=O)(=O)Nc2cc(Br)c(C)c(C)c2[N+](=O)[O-])c1. The summed E-state index contributed by atoms with van der Waals surface area (Å²) in [4.78, 5) is 21.6. The minimum atomic E-state index is -4.40. The maximum absolute atomic E-state index is 12.8. The van der Waals surface area contributed by atoms with Crippen molar-refractivity contribution in [2.45, 2.75) is 25.7 Å². The number of hydrogen-bond donors (Lipinski definition) is 2. The highest BCUT2D eigenvalue weighted by Gasteiger charge is 2.28. The second-order valence-corrected chi connectivity index (χ2v) is 8.68. The van der Waals surface area contributed by atoms with Gasteiger partial charge in [-0.1, -0.05) is 27.5 Å². The normalized spacial score (nSPS) is 11.3. The monoisotopic (exact) mass is 476 g/mol. The van der Waals surface area contributed by atoms with Crippen LogP contribution in [-0.4, -0.2) is 24.4 Å². The van der Waals surface area contributed by atoms with Gasteiger partial charge in [0, 0.05) is 10.0 Å². The lowest BCUT2D eigenvalue weighted by Gasteiger charge is -2.14. The zero-order valence-electron chi connectivity index (χ0n) is 14.3. The molecule has 8 nitrogen and oxygen atoms in total. The summed E-state index contributed by atoms with van der Waals surface area (Å²) >= 11 is 9.21. The molecule has 0 heterocycles. The number of aryl methyl sites for hydroxylation is 1.